The summed E-state index contributed by atoms with van der Waals surface area (Å²) in [5.41, 5.74) is 2.57. The van der Waals surface area contributed by atoms with Crippen molar-refractivity contribution in [2.75, 3.05) is 0 Å². The van der Waals surface area contributed by atoms with Crippen LogP contribution in [0.3, 0.4) is 0 Å². The van der Waals surface area contributed by atoms with E-state index in [1.807, 2.05) is 24.3 Å². The first kappa shape index (κ1) is 14.9. The Labute approximate surface area is 136 Å². The fourth-order valence-electron chi connectivity index (χ4n) is 3.02. The molecule has 0 radical (unpaired) electrons. The van der Waals surface area contributed by atoms with Crippen LogP contribution in [0.1, 0.15) is 42.9 Å². The third-order valence-corrected chi connectivity index (χ3v) is 4.94. The molecule has 1 nitrogen and oxygen atoms in total. The Hall–Kier alpha value is -1.02. The van der Waals surface area contributed by atoms with Crippen LogP contribution in [0, 0.1) is 0 Å². The minimum Gasteiger partial charge on any atom is -0.307 e. The zero-order chi connectivity index (χ0) is 14.8. The lowest BCUT2D eigenvalue weighted by atomic mass is 9.75. The van der Waals surface area contributed by atoms with Gasteiger partial charge in [0.15, 0.2) is 0 Å². The van der Waals surface area contributed by atoms with Gasteiger partial charge in [-0.2, -0.15) is 0 Å². The minimum atomic E-state index is 0.347. The van der Waals surface area contributed by atoms with Gasteiger partial charge in [0.1, 0.15) is 0 Å². The number of nitrogens with one attached hydrogen (secondary N) is 1. The monoisotopic (exact) mass is 319 g/mol. The van der Waals surface area contributed by atoms with Crippen molar-refractivity contribution < 1.29 is 0 Å². The molecule has 0 unspecified atom stereocenters. The lowest BCUT2D eigenvalue weighted by molar-refractivity contribution is 0.271. The van der Waals surface area contributed by atoms with E-state index in [2.05, 4.69) is 36.5 Å². The molecule has 2 aromatic carbocycles. The van der Waals surface area contributed by atoms with Crippen molar-refractivity contribution in [3.63, 3.8) is 0 Å². The summed E-state index contributed by atoms with van der Waals surface area (Å²) in [6.07, 6.45) is 2.31. The van der Waals surface area contributed by atoms with Gasteiger partial charge in [0.2, 0.25) is 0 Å². The highest BCUT2D eigenvalue weighted by atomic mass is 35.5. The maximum Gasteiger partial charge on any atom is 0.0440 e. The average Bonchev–Trinajstić information content (AvgIpc) is 2.44. The first-order chi connectivity index (χ1) is 10.1. The van der Waals surface area contributed by atoms with Gasteiger partial charge in [0, 0.05) is 22.1 Å². The number of benzene rings is 2. The minimum absolute atomic E-state index is 0.347. The topological polar surface area (TPSA) is 12.0 Å². The van der Waals surface area contributed by atoms with Gasteiger partial charge in [0.25, 0.3) is 0 Å². The van der Waals surface area contributed by atoms with Crippen LogP contribution in [0.4, 0.5) is 0 Å². The highest BCUT2D eigenvalue weighted by molar-refractivity contribution is 6.31. The Morgan fingerprint density at radius 1 is 1.00 bits per heavy atom. The van der Waals surface area contributed by atoms with E-state index >= 15 is 0 Å². The van der Waals surface area contributed by atoms with Gasteiger partial charge in [-0.1, -0.05) is 53.5 Å². The second-order valence-corrected chi connectivity index (χ2v) is 6.67. The van der Waals surface area contributed by atoms with E-state index in [1.54, 1.807) is 0 Å². The summed E-state index contributed by atoms with van der Waals surface area (Å²) in [5.74, 6) is 0.591. The normalized spacial score (nSPS) is 22.6. The first-order valence-corrected chi connectivity index (χ1v) is 8.15. The van der Waals surface area contributed by atoms with Gasteiger partial charge in [0.05, 0.1) is 0 Å². The van der Waals surface area contributed by atoms with E-state index in [1.165, 1.54) is 11.1 Å². The molecule has 0 bridgehead atoms. The summed E-state index contributed by atoms with van der Waals surface area (Å²) < 4.78 is 0. The molecular formula is C18H19Cl2N. The molecule has 110 valence electrons. The summed E-state index contributed by atoms with van der Waals surface area (Å²) in [7, 11) is 0. The fourth-order valence-corrected chi connectivity index (χ4v) is 3.43. The van der Waals surface area contributed by atoms with E-state index in [0.717, 1.165) is 22.9 Å². The largest absolute Gasteiger partial charge is 0.307 e. The number of halogens is 2. The SMILES string of the molecule is C[C@@H](NC1CC(c2ccccc2Cl)C1)c1ccc(Cl)cc1. The maximum absolute atomic E-state index is 6.26. The fraction of sp³-hybridized carbons (Fsp3) is 0.333. The van der Waals surface area contributed by atoms with E-state index in [9.17, 15) is 0 Å². The van der Waals surface area contributed by atoms with Crippen LogP contribution >= 0.6 is 23.2 Å². The van der Waals surface area contributed by atoms with E-state index in [0.29, 0.717) is 18.0 Å². The first-order valence-electron chi connectivity index (χ1n) is 7.39. The van der Waals surface area contributed by atoms with Crippen LogP contribution < -0.4 is 5.32 Å². The quantitative estimate of drug-likeness (QED) is 0.774. The summed E-state index contributed by atoms with van der Waals surface area (Å²) in [6.45, 7) is 2.20. The Bertz CT molecular complexity index is 603. The molecule has 21 heavy (non-hydrogen) atoms. The molecule has 0 heterocycles. The van der Waals surface area contributed by atoms with Gasteiger partial charge in [-0.25, -0.2) is 0 Å². The molecular weight excluding hydrogens is 301 g/mol. The highest BCUT2D eigenvalue weighted by Crippen LogP contribution is 2.40. The Morgan fingerprint density at radius 3 is 2.33 bits per heavy atom. The van der Waals surface area contributed by atoms with Crippen molar-refractivity contribution in [2.24, 2.45) is 0 Å². The van der Waals surface area contributed by atoms with Crippen molar-refractivity contribution in [1.29, 1.82) is 0 Å². The number of hydrogen-bond donors (Lipinski definition) is 1. The van der Waals surface area contributed by atoms with Gasteiger partial charge < -0.3 is 5.32 Å². The highest BCUT2D eigenvalue weighted by Gasteiger charge is 2.32. The van der Waals surface area contributed by atoms with Gasteiger partial charge in [-0.3, -0.25) is 0 Å². The molecule has 2 aromatic rings. The van der Waals surface area contributed by atoms with E-state index in [-0.39, 0.29) is 0 Å². The van der Waals surface area contributed by atoms with E-state index < -0.39 is 0 Å². The van der Waals surface area contributed by atoms with Crippen LogP contribution in [0.5, 0.6) is 0 Å². The van der Waals surface area contributed by atoms with Crippen LogP contribution in [0.15, 0.2) is 48.5 Å². The lowest BCUT2D eigenvalue weighted by Gasteiger charge is -2.38. The molecule has 3 rings (SSSR count). The molecule has 1 atom stereocenters. The molecule has 0 saturated heterocycles. The molecule has 0 aliphatic heterocycles. The van der Waals surface area contributed by atoms with E-state index in [4.69, 9.17) is 23.2 Å². The molecule has 0 spiro atoms. The average molecular weight is 320 g/mol. The Kier molecular flexibility index (Phi) is 4.54. The van der Waals surface area contributed by atoms with Gasteiger partial charge in [-0.05, 0) is 55.0 Å². The lowest BCUT2D eigenvalue weighted by Crippen LogP contribution is -2.41. The second-order valence-electron chi connectivity index (χ2n) is 5.83. The summed E-state index contributed by atoms with van der Waals surface area (Å²) in [6, 6.07) is 17.2. The maximum atomic E-state index is 6.26. The third kappa shape index (κ3) is 3.42. The van der Waals surface area contributed by atoms with Gasteiger partial charge in [-0.15, -0.1) is 0 Å². The summed E-state index contributed by atoms with van der Waals surface area (Å²) in [5, 5.41) is 5.37. The second kappa shape index (κ2) is 6.39. The molecule has 0 amide bonds. The third-order valence-electron chi connectivity index (χ3n) is 4.34. The van der Waals surface area contributed by atoms with Crippen LogP contribution in [-0.2, 0) is 0 Å². The molecule has 1 aliphatic rings. The summed E-state index contributed by atoms with van der Waals surface area (Å²) in [4.78, 5) is 0. The molecule has 3 heteroatoms. The van der Waals surface area contributed by atoms with Crippen molar-refractivity contribution in [2.45, 2.75) is 37.8 Å². The van der Waals surface area contributed by atoms with Crippen LogP contribution in [0.25, 0.3) is 0 Å². The predicted octanol–water partition coefficient (Wildman–Crippen LogP) is 5.59. The number of rotatable bonds is 4. The smallest absolute Gasteiger partial charge is 0.0440 e. The standard InChI is InChI=1S/C18H19Cl2N/c1-12(13-6-8-15(19)9-7-13)21-16-10-14(11-16)17-4-2-3-5-18(17)20/h2-9,12,14,16,21H,10-11H2,1H3/t12-,14?,16?/m1/s1. The van der Waals surface area contributed by atoms with Crippen LogP contribution in [0.2, 0.25) is 10.0 Å². The van der Waals surface area contributed by atoms with Crippen molar-refractivity contribution >= 4 is 23.2 Å². The summed E-state index contributed by atoms with van der Waals surface area (Å²) >= 11 is 12.2. The zero-order valence-corrected chi connectivity index (χ0v) is 13.5. The van der Waals surface area contributed by atoms with Crippen LogP contribution in [-0.4, -0.2) is 6.04 Å². The predicted molar refractivity (Wildman–Crippen MR) is 90.2 cm³/mol. The molecule has 1 aliphatic carbocycles. The molecule has 1 N–H and O–H groups in total. The Morgan fingerprint density at radius 2 is 1.67 bits per heavy atom. The zero-order valence-electron chi connectivity index (χ0n) is 12.0. The number of hydrogen-bond acceptors (Lipinski definition) is 1. The molecule has 1 fully saturated rings. The molecule has 1 saturated carbocycles. The van der Waals surface area contributed by atoms with Crippen molar-refractivity contribution in [3.05, 3.63) is 69.7 Å². The Balaban J connectivity index is 1.55. The molecule has 0 aromatic heterocycles. The van der Waals surface area contributed by atoms with Gasteiger partial charge >= 0.3 is 0 Å². The van der Waals surface area contributed by atoms with Crippen molar-refractivity contribution in [3.8, 4) is 0 Å². The van der Waals surface area contributed by atoms with Crippen molar-refractivity contribution in [1.82, 2.24) is 5.32 Å².